The van der Waals surface area contributed by atoms with Crippen LogP contribution >= 0.6 is 0 Å². The molecule has 0 fully saturated rings. The molecule has 1 amide bonds. The van der Waals surface area contributed by atoms with Crippen molar-refractivity contribution in [1.29, 1.82) is 0 Å². The summed E-state index contributed by atoms with van der Waals surface area (Å²) in [5.74, 6) is 0.180. The molecule has 0 spiro atoms. The Kier molecular flexibility index (Phi) is 5.49. The number of nitro benzene ring substituents is 1. The summed E-state index contributed by atoms with van der Waals surface area (Å²) in [6, 6.07) is 4.26. The summed E-state index contributed by atoms with van der Waals surface area (Å²) in [5, 5.41) is 13.7. The smallest absolute Gasteiger partial charge is 0.270 e. The van der Waals surface area contributed by atoms with E-state index >= 15 is 0 Å². The van der Waals surface area contributed by atoms with Crippen LogP contribution in [0, 0.1) is 16.0 Å². The Bertz CT molecular complexity index is 502. The molecule has 1 aromatic rings. The lowest BCUT2D eigenvalue weighted by molar-refractivity contribution is -0.384. The molecule has 1 aromatic carbocycles. The molecular weight excluding hydrogens is 258 g/mol. The van der Waals surface area contributed by atoms with Gasteiger partial charge in [-0.15, -0.1) is 0 Å². The molecule has 1 N–H and O–H groups in total. The zero-order valence-corrected chi connectivity index (χ0v) is 12.3. The average molecular weight is 279 g/mol. The number of benzene rings is 1. The average Bonchev–Trinajstić information content (AvgIpc) is 2.45. The van der Waals surface area contributed by atoms with E-state index in [4.69, 9.17) is 0 Å². The number of amides is 1. The highest BCUT2D eigenvalue weighted by molar-refractivity contribution is 6.00. The largest absolute Gasteiger partial charge is 0.387 e. The van der Waals surface area contributed by atoms with E-state index in [-0.39, 0.29) is 11.6 Å². The quantitative estimate of drug-likeness (QED) is 0.641. The van der Waals surface area contributed by atoms with E-state index in [2.05, 4.69) is 19.2 Å². The molecule has 110 valence electrons. The van der Waals surface area contributed by atoms with Crippen molar-refractivity contribution in [3.05, 3.63) is 33.9 Å². The van der Waals surface area contributed by atoms with Crippen molar-refractivity contribution >= 4 is 17.3 Å². The maximum atomic E-state index is 12.4. The number of hydrogen-bond acceptors (Lipinski definition) is 4. The first-order valence-electron chi connectivity index (χ1n) is 6.62. The van der Waals surface area contributed by atoms with Gasteiger partial charge in [-0.25, -0.2) is 0 Å². The molecule has 0 radical (unpaired) electrons. The summed E-state index contributed by atoms with van der Waals surface area (Å²) in [6.07, 6.45) is 0.978. The van der Waals surface area contributed by atoms with Crippen molar-refractivity contribution in [2.24, 2.45) is 5.92 Å². The first-order valence-corrected chi connectivity index (χ1v) is 6.62. The fourth-order valence-electron chi connectivity index (χ4n) is 1.93. The Balaban J connectivity index is 3.06. The summed E-state index contributed by atoms with van der Waals surface area (Å²) in [4.78, 5) is 24.4. The maximum absolute atomic E-state index is 12.4. The minimum absolute atomic E-state index is 0.0794. The lowest BCUT2D eigenvalue weighted by Crippen LogP contribution is -2.31. The van der Waals surface area contributed by atoms with Gasteiger partial charge in [0.25, 0.3) is 11.6 Å². The van der Waals surface area contributed by atoms with Crippen molar-refractivity contribution in [2.45, 2.75) is 20.3 Å². The van der Waals surface area contributed by atoms with Crippen LogP contribution in [-0.2, 0) is 0 Å². The van der Waals surface area contributed by atoms with E-state index < -0.39 is 4.92 Å². The molecule has 1 unspecified atom stereocenters. The molecule has 20 heavy (non-hydrogen) atoms. The number of carbonyl (C=O) groups excluding carboxylic acids is 1. The lowest BCUT2D eigenvalue weighted by atomic mass is 10.1. The Morgan fingerprint density at radius 1 is 1.50 bits per heavy atom. The number of nitrogens with zero attached hydrogens (tertiary/aromatic N) is 2. The van der Waals surface area contributed by atoms with Crippen molar-refractivity contribution in [3.8, 4) is 0 Å². The van der Waals surface area contributed by atoms with Gasteiger partial charge in [0.1, 0.15) is 0 Å². The second-order valence-corrected chi connectivity index (χ2v) is 4.94. The number of nitrogens with one attached hydrogen (secondary N) is 1. The van der Waals surface area contributed by atoms with Crippen molar-refractivity contribution in [2.75, 3.05) is 26.0 Å². The summed E-state index contributed by atoms with van der Waals surface area (Å²) < 4.78 is 0. The fraction of sp³-hybridized carbons (Fsp3) is 0.500. The van der Waals surface area contributed by atoms with Crippen LogP contribution in [0.15, 0.2) is 18.2 Å². The Morgan fingerprint density at radius 3 is 2.65 bits per heavy atom. The summed E-state index contributed by atoms with van der Waals surface area (Å²) >= 11 is 0. The zero-order chi connectivity index (χ0) is 15.3. The van der Waals surface area contributed by atoms with Gasteiger partial charge in [0.2, 0.25) is 0 Å². The van der Waals surface area contributed by atoms with E-state index in [0.29, 0.717) is 23.7 Å². The van der Waals surface area contributed by atoms with Crippen LogP contribution < -0.4 is 5.32 Å². The van der Waals surface area contributed by atoms with Crippen LogP contribution in [0.5, 0.6) is 0 Å². The molecule has 0 aliphatic rings. The predicted molar refractivity (Wildman–Crippen MR) is 79.1 cm³/mol. The number of anilines is 1. The standard InChI is InChI=1S/C14H21N3O3/c1-5-10(2)9-16(4)14(18)12-8-11(17(19)20)6-7-13(12)15-3/h6-8,10,15H,5,9H2,1-4H3. The second kappa shape index (κ2) is 6.88. The lowest BCUT2D eigenvalue weighted by Gasteiger charge is -2.22. The van der Waals surface area contributed by atoms with E-state index in [1.165, 1.54) is 12.1 Å². The van der Waals surface area contributed by atoms with Gasteiger partial charge in [-0.1, -0.05) is 20.3 Å². The number of hydrogen-bond donors (Lipinski definition) is 1. The molecule has 0 saturated carbocycles. The number of rotatable bonds is 6. The number of nitro groups is 1. The van der Waals surface area contributed by atoms with E-state index in [1.54, 1.807) is 25.1 Å². The molecule has 0 aliphatic carbocycles. The molecule has 0 bridgehead atoms. The molecule has 1 rings (SSSR count). The van der Waals surface area contributed by atoms with Gasteiger partial charge in [-0.05, 0) is 12.0 Å². The first-order chi connectivity index (χ1) is 9.40. The molecule has 0 aromatic heterocycles. The third-order valence-corrected chi connectivity index (χ3v) is 3.34. The van der Waals surface area contributed by atoms with Gasteiger partial charge < -0.3 is 10.2 Å². The van der Waals surface area contributed by atoms with Crippen LogP contribution in [0.2, 0.25) is 0 Å². The molecule has 1 atom stereocenters. The molecule has 6 nitrogen and oxygen atoms in total. The topological polar surface area (TPSA) is 75.5 Å². The van der Waals surface area contributed by atoms with E-state index in [1.807, 2.05) is 0 Å². The molecule has 0 heterocycles. The summed E-state index contributed by atoms with van der Waals surface area (Å²) in [6.45, 7) is 4.76. The van der Waals surface area contributed by atoms with Crippen LogP contribution in [0.25, 0.3) is 0 Å². The van der Waals surface area contributed by atoms with Gasteiger partial charge in [0.15, 0.2) is 0 Å². The predicted octanol–water partition coefficient (Wildman–Crippen LogP) is 2.75. The van der Waals surface area contributed by atoms with Crippen LogP contribution in [0.1, 0.15) is 30.6 Å². The zero-order valence-electron chi connectivity index (χ0n) is 12.3. The molecule has 0 saturated heterocycles. The third-order valence-electron chi connectivity index (χ3n) is 3.34. The highest BCUT2D eigenvalue weighted by Crippen LogP contribution is 2.23. The Labute approximate surface area is 118 Å². The maximum Gasteiger partial charge on any atom is 0.270 e. The van der Waals surface area contributed by atoms with E-state index in [0.717, 1.165) is 6.42 Å². The van der Waals surface area contributed by atoms with E-state index in [9.17, 15) is 14.9 Å². The Morgan fingerprint density at radius 2 is 2.15 bits per heavy atom. The van der Waals surface area contributed by atoms with Gasteiger partial charge >= 0.3 is 0 Å². The number of non-ortho nitro benzene ring substituents is 1. The minimum Gasteiger partial charge on any atom is -0.387 e. The molecule has 6 heteroatoms. The van der Waals surface area contributed by atoms with Crippen molar-refractivity contribution in [3.63, 3.8) is 0 Å². The fourth-order valence-corrected chi connectivity index (χ4v) is 1.93. The second-order valence-electron chi connectivity index (χ2n) is 4.94. The first kappa shape index (κ1) is 15.9. The molecule has 0 aliphatic heterocycles. The van der Waals surface area contributed by atoms with Crippen LogP contribution in [0.4, 0.5) is 11.4 Å². The Hall–Kier alpha value is -2.11. The highest BCUT2D eigenvalue weighted by atomic mass is 16.6. The van der Waals surface area contributed by atoms with Gasteiger partial charge in [0.05, 0.1) is 10.5 Å². The minimum atomic E-state index is -0.495. The highest BCUT2D eigenvalue weighted by Gasteiger charge is 2.20. The number of carbonyl (C=O) groups is 1. The van der Waals surface area contributed by atoms with Gasteiger partial charge in [-0.3, -0.25) is 14.9 Å². The SMILES string of the molecule is CCC(C)CN(C)C(=O)c1cc([N+](=O)[O-])ccc1NC. The van der Waals surface area contributed by atoms with Crippen LogP contribution in [-0.4, -0.2) is 36.4 Å². The van der Waals surface area contributed by atoms with Gasteiger partial charge in [-0.2, -0.15) is 0 Å². The summed E-state index contributed by atoms with van der Waals surface area (Å²) in [7, 11) is 3.40. The monoisotopic (exact) mass is 279 g/mol. The molecular formula is C14H21N3O3. The van der Waals surface area contributed by atoms with Crippen molar-refractivity contribution in [1.82, 2.24) is 4.90 Å². The van der Waals surface area contributed by atoms with Crippen molar-refractivity contribution < 1.29 is 9.72 Å². The van der Waals surface area contributed by atoms with Crippen LogP contribution in [0.3, 0.4) is 0 Å². The summed E-state index contributed by atoms with van der Waals surface area (Å²) in [5.41, 5.74) is 0.841. The van der Waals surface area contributed by atoms with Gasteiger partial charge in [0, 0.05) is 38.5 Å². The normalized spacial score (nSPS) is 11.8. The third kappa shape index (κ3) is 3.69.